The molecule has 0 N–H and O–H groups in total. The van der Waals surface area contributed by atoms with E-state index in [1.807, 2.05) is 30.3 Å². The molecule has 1 saturated heterocycles. The Kier molecular flexibility index (Phi) is 6.05. The van der Waals surface area contributed by atoms with Crippen molar-refractivity contribution in [2.24, 2.45) is 5.92 Å². The van der Waals surface area contributed by atoms with Crippen LogP contribution >= 0.6 is 11.6 Å². The van der Waals surface area contributed by atoms with E-state index >= 15 is 0 Å². The number of rotatable bonds is 5. The summed E-state index contributed by atoms with van der Waals surface area (Å²) in [5, 5.41) is 0.165. The van der Waals surface area contributed by atoms with Crippen LogP contribution in [0.2, 0.25) is 5.02 Å². The summed E-state index contributed by atoms with van der Waals surface area (Å²) in [6.07, 6.45) is 1.71. The van der Waals surface area contributed by atoms with Crippen LogP contribution in [0.15, 0.2) is 48.5 Å². The minimum atomic E-state index is -0.564. The molecular weight excluding hydrogens is 341 g/mol. The van der Waals surface area contributed by atoms with E-state index in [4.69, 9.17) is 16.3 Å². The van der Waals surface area contributed by atoms with Crippen molar-refractivity contribution in [3.8, 4) is 0 Å². The number of ether oxygens (including phenoxy) is 1. The van der Waals surface area contributed by atoms with Crippen molar-refractivity contribution in [1.29, 1.82) is 0 Å². The van der Waals surface area contributed by atoms with E-state index in [9.17, 15) is 9.18 Å². The zero-order valence-electron chi connectivity index (χ0n) is 14.0. The highest BCUT2D eigenvalue weighted by Crippen LogP contribution is 2.24. The number of hydrogen-bond donors (Lipinski definition) is 0. The standard InChI is InChI=1S/C20H21ClFNO2/c21-17-7-4-8-18(22)19(17)20(24)23-11-9-16(10-12-23)14-25-13-15-5-2-1-3-6-15/h1-8,16H,9-14H2. The maximum absolute atomic E-state index is 13.9. The van der Waals surface area contributed by atoms with Crippen LogP contribution in [0.1, 0.15) is 28.8 Å². The summed E-state index contributed by atoms with van der Waals surface area (Å²) in [4.78, 5) is 14.2. The fraction of sp³-hybridized carbons (Fsp3) is 0.350. The van der Waals surface area contributed by atoms with E-state index in [-0.39, 0.29) is 16.5 Å². The van der Waals surface area contributed by atoms with E-state index in [2.05, 4.69) is 0 Å². The van der Waals surface area contributed by atoms with Gasteiger partial charge in [-0.2, -0.15) is 0 Å². The molecule has 0 aliphatic carbocycles. The molecular formula is C20H21ClFNO2. The first-order chi connectivity index (χ1) is 12.1. The molecule has 0 atom stereocenters. The van der Waals surface area contributed by atoms with Gasteiger partial charge in [0.15, 0.2) is 0 Å². The quantitative estimate of drug-likeness (QED) is 0.782. The molecule has 25 heavy (non-hydrogen) atoms. The molecule has 0 aromatic heterocycles. The Morgan fingerprint density at radius 2 is 1.84 bits per heavy atom. The molecule has 1 fully saturated rings. The highest BCUT2D eigenvalue weighted by Gasteiger charge is 2.26. The second-order valence-electron chi connectivity index (χ2n) is 6.33. The van der Waals surface area contributed by atoms with Crippen LogP contribution < -0.4 is 0 Å². The third-order valence-electron chi connectivity index (χ3n) is 4.54. The van der Waals surface area contributed by atoms with Gasteiger partial charge in [0.05, 0.1) is 17.2 Å². The van der Waals surface area contributed by atoms with Crippen LogP contribution in [0.3, 0.4) is 0 Å². The van der Waals surface area contributed by atoms with Crippen molar-refractivity contribution in [3.63, 3.8) is 0 Å². The number of amides is 1. The number of carbonyl (C=O) groups excluding carboxylic acids is 1. The van der Waals surface area contributed by atoms with E-state index in [1.165, 1.54) is 12.1 Å². The average Bonchev–Trinajstić information content (AvgIpc) is 2.63. The summed E-state index contributed by atoms with van der Waals surface area (Å²) < 4.78 is 19.7. The van der Waals surface area contributed by atoms with E-state index < -0.39 is 5.82 Å². The molecule has 2 aromatic carbocycles. The fourth-order valence-corrected chi connectivity index (χ4v) is 3.32. The largest absolute Gasteiger partial charge is 0.376 e. The summed E-state index contributed by atoms with van der Waals surface area (Å²) in [6, 6.07) is 14.4. The Morgan fingerprint density at radius 1 is 1.12 bits per heavy atom. The molecule has 0 unspecified atom stereocenters. The van der Waals surface area contributed by atoms with Crippen molar-refractivity contribution in [1.82, 2.24) is 4.90 Å². The highest BCUT2D eigenvalue weighted by molar-refractivity contribution is 6.33. The van der Waals surface area contributed by atoms with Gasteiger partial charge in [0.2, 0.25) is 0 Å². The van der Waals surface area contributed by atoms with Gasteiger partial charge in [-0.15, -0.1) is 0 Å². The molecule has 1 aliphatic rings. The predicted molar refractivity (Wildman–Crippen MR) is 96.1 cm³/mol. The van der Waals surface area contributed by atoms with Crippen LogP contribution in [0, 0.1) is 11.7 Å². The van der Waals surface area contributed by atoms with Crippen molar-refractivity contribution >= 4 is 17.5 Å². The van der Waals surface area contributed by atoms with Gasteiger partial charge in [-0.1, -0.05) is 48.0 Å². The zero-order chi connectivity index (χ0) is 17.6. The number of hydrogen-bond acceptors (Lipinski definition) is 2. The summed E-state index contributed by atoms with van der Waals surface area (Å²) >= 11 is 5.99. The number of halogens is 2. The monoisotopic (exact) mass is 361 g/mol. The molecule has 0 radical (unpaired) electrons. The molecule has 132 valence electrons. The fourth-order valence-electron chi connectivity index (χ4n) is 3.08. The van der Waals surface area contributed by atoms with Crippen molar-refractivity contribution in [2.45, 2.75) is 19.4 Å². The van der Waals surface area contributed by atoms with Crippen LogP contribution in [0.4, 0.5) is 4.39 Å². The van der Waals surface area contributed by atoms with Gasteiger partial charge in [0, 0.05) is 19.7 Å². The number of benzene rings is 2. The lowest BCUT2D eigenvalue weighted by Gasteiger charge is -2.32. The summed E-state index contributed by atoms with van der Waals surface area (Å²) in [7, 11) is 0. The minimum Gasteiger partial charge on any atom is -0.376 e. The third-order valence-corrected chi connectivity index (χ3v) is 4.86. The molecule has 0 bridgehead atoms. The Bertz CT molecular complexity index is 695. The summed E-state index contributed by atoms with van der Waals surface area (Å²) in [5.41, 5.74) is 1.13. The first-order valence-corrected chi connectivity index (χ1v) is 8.88. The van der Waals surface area contributed by atoms with Crippen LogP contribution in [0.5, 0.6) is 0 Å². The second-order valence-corrected chi connectivity index (χ2v) is 6.74. The molecule has 3 rings (SSSR count). The Labute approximate surface area is 152 Å². The SMILES string of the molecule is O=C(c1c(F)cccc1Cl)N1CCC(COCc2ccccc2)CC1. The first-order valence-electron chi connectivity index (χ1n) is 8.50. The van der Waals surface area contributed by atoms with E-state index in [0.717, 1.165) is 18.4 Å². The number of nitrogens with zero attached hydrogens (tertiary/aromatic N) is 1. The topological polar surface area (TPSA) is 29.5 Å². The average molecular weight is 362 g/mol. The molecule has 5 heteroatoms. The van der Waals surface area contributed by atoms with Gasteiger partial charge in [-0.25, -0.2) is 4.39 Å². The number of piperidine rings is 1. The zero-order valence-corrected chi connectivity index (χ0v) is 14.7. The Balaban J connectivity index is 1.48. The van der Waals surface area contributed by atoms with Crippen LogP contribution in [0.25, 0.3) is 0 Å². The third kappa shape index (κ3) is 4.59. The normalized spacial score (nSPS) is 15.4. The van der Waals surface area contributed by atoms with Crippen LogP contribution in [-0.2, 0) is 11.3 Å². The smallest absolute Gasteiger partial charge is 0.258 e. The molecule has 1 amide bonds. The van der Waals surface area contributed by atoms with Crippen molar-refractivity contribution in [3.05, 3.63) is 70.5 Å². The van der Waals surface area contributed by atoms with Gasteiger partial charge in [0.25, 0.3) is 5.91 Å². The molecule has 2 aromatic rings. The number of likely N-dealkylation sites (tertiary alicyclic amines) is 1. The van der Waals surface area contributed by atoms with Crippen molar-refractivity contribution < 1.29 is 13.9 Å². The lowest BCUT2D eigenvalue weighted by molar-refractivity contribution is 0.0476. The molecule has 1 heterocycles. The highest BCUT2D eigenvalue weighted by atomic mass is 35.5. The maximum Gasteiger partial charge on any atom is 0.258 e. The van der Waals surface area contributed by atoms with E-state index in [1.54, 1.807) is 11.0 Å². The Hall–Kier alpha value is -1.91. The van der Waals surface area contributed by atoms with Gasteiger partial charge >= 0.3 is 0 Å². The maximum atomic E-state index is 13.9. The Morgan fingerprint density at radius 3 is 2.52 bits per heavy atom. The molecule has 3 nitrogen and oxygen atoms in total. The molecule has 1 aliphatic heterocycles. The number of carbonyl (C=O) groups is 1. The second kappa shape index (κ2) is 8.45. The van der Waals surface area contributed by atoms with Gasteiger partial charge in [0.1, 0.15) is 5.82 Å². The van der Waals surface area contributed by atoms with Crippen molar-refractivity contribution in [2.75, 3.05) is 19.7 Å². The first kappa shape index (κ1) is 17.9. The van der Waals surface area contributed by atoms with Gasteiger partial charge in [-0.3, -0.25) is 4.79 Å². The van der Waals surface area contributed by atoms with Crippen LogP contribution in [-0.4, -0.2) is 30.5 Å². The minimum absolute atomic E-state index is 0.0251. The van der Waals surface area contributed by atoms with Gasteiger partial charge < -0.3 is 9.64 Å². The lowest BCUT2D eigenvalue weighted by Crippen LogP contribution is -2.39. The predicted octanol–water partition coefficient (Wildman–Crippen LogP) is 4.55. The van der Waals surface area contributed by atoms with E-state index in [0.29, 0.717) is 32.2 Å². The van der Waals surface area contributed by atoms with Gasteiger partial charge in [-0.05, 0) is 36.5 Å². The molecule has 0 spiro atoms. The molecule has 0 saturated carbocycles. The summed E-state index contributed by atoms with van der Waals surface area (Å²) in [5.74, 6) is -0.471. The lowest BCUT2D eigenvalue weighted by atomic mass is 9.97. The summed E-state index contributed by atoms with van der Waals surface area (Å²) in [6.45, 7) is 2.48.